The number of hydrogen-bond donors (Lipinski definition) is 0. The smallest absolute Gasteiger partial charge is 0.337 e. The SMILES string of the molecule is C=C(C(=O)OCC(C)C)[C@H]1OC(c2ccc(Br)cc2)=C[C@@H]1c1ccccc1. The molecule has 3 rings (SSSR count). The molecule has 2 aromatic carbocycles. The van der Waals surface area contributed by atoms with Crippen LogP contribution in [0.15, 0.2) is 77.3 Å². The first-order chi connectivity index (χ1) is 13.0. The number of ether oxygens (including phenoxy) is 2. The number of rotatable bonds is 6. The quantitative estimate of drug-likeness (QED) is 0.437. The Kier molecular flexibility index (Phi) is 6.17. The standard InChI is InChI=1S/C23H23BrO3/c1-15(2)14-26-23(25)16(3)22-20(17-7-5-4-6-8-17)13-21(27-22)18-9-11-19(24)12-10-18/h4-13,15,20,22H,3,14H2,1-2H3/t20-,22-/m1/s1. The van der Waals surface area contributed by atoms with E-state index in [-0.39, 0.29) is 11.8 Å². The predicted octanol–water partition coefficient (Wildman–Crippen LogP) is 5.73. The molecule has 0 amide bonds. The van der Waals surface area contributed by atoms with Crippen LogP contribution in [0.4, 0.5) is 0 Å². The minimum absolute atomic E-state index is 0.0936. The molecule has 0 N–H and O–H groups in total. The molecule has 1 aliphatic rings. The Morgan fingerprint density at radius 1 is 1.15 bits per heavy atom. The van der Waals surface area contributed by atoms with Gasteiger partial charge in [0.25, 0.3) is 0 Å². The minimum atomic E-state index is -0.481. The van der Waals surface area contributed by atoms with Gasteiger partial charge in [-0.2, -0.15) is 0 Å². The van der Waals surface area contributed by atoms with Crippen LogP contribution in [0, 0.1) is 5.92 Å². The van der Waals surface area contributed by atoms with Crippen molar-refractivity contribution >= 4 is 27.7 Å². The molecule has 0 aliphatic carbocycles. The molecule has 0 bridgehead atoms. The first-order valence-corrected chi connectivity index (χ1v) is 9.80. The van der Waals surface area contributed by atoms with Crippen LogP contribution in [-0.2, 0) is 14.3 Å². The summed E-state index contributed by atoms with van der Waals surface area (Å²) in [5.41, 5.74) is 2.38. The van der Waals surface area contributed by atoms with Gasteiger partial charge in [0.15, 0.2) is 0 Å². The summed E-state index contributed by atoms with van der Waals surface area (Å²) in [5.74, 6) is 0.524. The lowest BCUT2D eigenvalue weighted by Crippen LogP contribution is -2.25. The maximum atomic E-state index is 12.5. The molecule has 0 aromatic heterocycles. The molecule has 3 nitrogen and oxygen atoms in total. The van der Waals surface area contributed by atoms with Crippen LogP contribution in [-0.4, -0.2) is 18.7 Å². The number of carbonyl (C=O) groups is 1. The van der Waals surface area contributed by atoms with Crippen molar-refractivity contribution in [1.29, 1.82) is 0 Å². The molecule has 4 heteroatoms. The van der Waals surface area contributed by atoms with Crippen molar-refractivity contribution in [2.45, 2.75) is 25.9 Å². The van der Waals surface area contributed by atoms with Crippen molar-refractivity contribution in [2.24, 2.45) is 5.92 Å². The van der Waals surface area contributed by atoms with Crippen LogP contribution < -0.4 is 0 Å². The van der Waals surface area contributed by atoms with Crippen LogP contribution in [0.3, 0.4) is 0 Å². The predicted molar refractivity (Wildman–Crippen MR) is 111 cm³/mol. The zero-order valence-electron chi connectivity index (χ0n) is 15.5. The van der Waals surface area contributed by atoms with Gasteiger partial charge < -0.3 is 9.47 Å². The minimum Gasteiger partial charge on any atom is -0.484 e. The first kappa shape index (κ1) is 19.4. The maximum Gasteiger partial charge on any atom is 0.337 e. The molecule has 0 fully saturated rings. The third kappa shape index (κ3) is 4.69. The monoisotopic (exact) mass is 426 g/mol. The largest absolute Gasteiger partial charge is 0.484 e. The highest BCUT2D eigenvalue weighted by Gasteiger charge is 2.36. The number of halogens is 1. The van der Waals surface area contributed by atoms with Crippen LogP contribution >= 0.6 is 15.9 Å². The third-order valence-corrected chi connectivity index (χ3v) is 4.91. The van der Waals surface area contributed by atoms with E-state index in [4.69, 9.17) is 9.47 Å². The second-order valence-electron chi connectivity index (χ2n) is 7.03. The summed E-state index contributed by atoms with van der Waals surface area (Å²) in [6, 6.07) is 17.9. The molecule has 1 heterocycles. The van der Waals surface area contributed by atoms with E-state index in [1.54, 1.807) is 0 Å². The molecular formula is C23H23BrO3. The molecule has 140 valence electrons. The van der Waals surface area contributed by atoms with E-state index in [2.05, 4.69) is 28.6 Å². The van der Waals surface area contributed by atoms with E-state index in [9.17, 15) is 4.79 Å². The van der Waals surface area contributed by atoms with E-state index >= 15 is 0 Å². The van der Waals surface area contributed by atoms with Crippen molar-refractivity contribution in [3.05, 3.63) is 88.4 Å². The van der Waals surface area contributed by atoms with E-state index in [1.165, 1.54) is 0 Å². The van der Waals surface area contributed by atoms with Crippen LogP contribution in [0.2, 0.25) is 0 Å². The molecule has 27 heavy (non-hydrogen) atoms. The lowest BCUT2D eigenvalue weighted by atomic mass is 9.90. The Morgan fingerprint density at radius 2 is 1.81 bits per heavy atom. The zero-order valence-corrected chi connectivity index (χ0v) is 17.1. The Bertz CT molecular complexity index is 838. The molecule has 2 atom stereocenters. The van der Waals surface area contributed by atoms with Crippen molar-refractivity contribution in [2.75, 3.05) is 6.61 Å². The highest BCUT2D eigenvalue weighted by molar-refractivity contribution is 9.10. The number of hydrogen-bond acceptors (Lipinski definition) is 3. The lowest BCUT2D eigenvalue weighted by Gasteiger charge is -2.21. The average molecular weight is 427 g/mol. The highest BCUT2D eigenvalue weighted by atomic mass is 79.9. The van der Waals surface area contributed by atoms with Crippen LogP contribution in [0.5, 0.6) is 0 Å². The number of esters is 1. The molecule has 1 aliphatic heterocycles. The molecule has 0 radical (unpaired) electrons. The number of carbonyl (C=O) groups excluding carboxylic acids is 1. The topological polar surface area (TPSA) is 35.5 Å². The van der Waals surface area contributed by atoms with Gasteiger partial charge >= 0.3 is 5.97 Å². The maximum absolute atomic E-state index is 12.5. The fraction of sp³-hybridized carbons (Fsp3) is 0.261. The van der Waals surface area contributed by atoms with E-state index < -0.39 is 12.1 Å². The summed E-state index contributed by atoms with van der Waals surface area (Å²) in [7, 11) is 0. The van der Waals surface area contributed by atoms with Crippen molar-refractivity contribution in [1.82, 2.24) is 0 Å². The normalized spacial score (nSPS) is 18.7. The molecular weight excluding hydrogens is 404 g/mol. The summed E-state index contributed by atoms with van der Waals surface area (Å²) in [4.78, 5) is 12.5. The lowest BCUT2D eigenvalue weighted by molar-refractivity contribution is -0.141. The zero-order chi connectivity index (χ0) is 19.4. The second-order valence-corrected chi connectivity index (χ2v) is 7.95. The molecule has 2 aromatic rings. The Hall–Kier alpha value is -2.33. The van der Waals surface area contributed by atoms with Gasteiger partial charge in [-0.3, -0.25) is 0 Å². The first-order valence-electron chi connectivity index (χ1n) is 9.01. The van der Waals surface area contributed by atoms with Gasteiger partial charge in [0.05, 0.1) is 12.2 Å². The van der Waals surface area contributed by atoms with Crippen molar-refractivity contribution in [3.63, 3.8) is 0 Å². The van der Waals surface area contributed by atoms with Gasteiger partial charge in [0.1, 0.15) is 11.9 Å². The van der Waals surface area contributed by atoms with Gasteiger partial charge in [0, 0.05) is 16.0 Å². The van der Waals surface area contributed by atoms with Crippen LogP contribution in [0.1, 0.15) is 30.9 Å². The average Bonchev–Trinajstić information content (AvgIpc) is 3.12. The van der Waals surface area contributed by atoms with Gasteiger partial charge in [-0.15, -0.1) is 0 Å². The van der Waals surface area contributed by atoms with Gasteiger partial charge in [-0.05, 0) is 29.7 Å². The van der Waals surface area contributed by atoms with Gasteiger partial charge in [0.2, 0.25) is 0 Å². The second kappa shape index (κ2) is 8.57. The Labute approximate surface area is 168 Å². The van der Waals surface area contributed by atoms with Crippen molar-refractivity contribution < 1.29 is 14.3 Å². The van der Waals surface area contributed by atoms with E-state index in [0.717, 1.165) is 21.4 Å². The van der Waals surface area contributed by atoms with E-state index in [1.807, 2.05) is 68.4 Å². The van der Waals surface area contributed by atoms with Crippen molar-refractivity contribution in [3.8, 4) is 0 Å². The summed E-state index contributed by atoms with van der Waals surface area (Å²) in [6.07, 6.45) is 1.58. The summed E-state index contributed by atoms with van der Waals surface area (Å²) in [5, 5.41) is 0. The fourth-order valence-electron chi connectivity index (χ4n) is 2.96. The number of benzene rings is 2. The third-order valence-electron chi connectivity index (χ3n) is 4.38. The van der Waals surface area contributed by atoms with Gasteiger partial charge in [-0.25, -0.2) is 4.79 Å². The summed E-state index contributed by atoms with van der Waals surface area (Å²) >= 11 is 3.45. The summed E-state index contributed by atoms with van der Waals surface area (Å²) in [6.45, 7) is 8.36. The summed E-state index contributed by atoms with van der Waals surface area (Å²) < 4.78 is 12.6. The molecule has 0 unspecified atom stereocenters. The van der Waals surface area contributed by atoms with Crippen LogP contribution in [0.25, 0.3) is 5.76 Å². The highest BCUT2D eigenvalue weighted by Crippen LogP contribution is 2.40. The molecule has 0 saturated carbocycles. The Morgan fingerprint density at radius 3 is 2.44 bits per heavy atom. The fourth-order valence-corrected chi connectivity index (χ4v) is 3.23. The Balaban J connectivity index is 1.87. The van der Waals surface area contributed by atoms with E-state index in [0.29, 0.717) is 12.2 Å². The van der Waals surface area contributed by atoms with Gasteiger partial charge in [-0.1, -0.05) is 78.8 Å². The molecule has 0 saturated heterocycles. The molecule has 0 spiro atoms.